The number of hydrogen-bond donors (Lipinski definition) is 2. The lowest BCUT2D eigenvalue weighted by Crippen LogP contribution is -2.40. The molecule has 5 rings (SSSR count). The van der Waals surface area contributed by atoms with Gasteiger partial charge in [-0.2, -0.15) is 5.26 Å². The van der Waals surface area contributed by atoms with Crippen molar-refractivity contribution in [2.24, 2.45) is 11.8 Å². The lowest BCUT2D eigenvalue weighted by molar-refractivity contribution is -0.126. The Morgan fingerprint density at radius 2 is 2.03 bits per heavy atom. The normalized spacial score (nSPS) is 18.2. The van der Waals surface area contributed by atoms with Crippen molar-refractivity contribution < 1.29 is 23.5 Å². The molecule has 1 amide bonds. The molecule has 0 spiro atoms. The van der Waals surface area contributed by atoms with Crippen LogP contribution >= 0.6 is 0 Å². The Labute approximate surface area is 214 Å². The summed E-state index contributed by atoms with van der Waals surface area (Å²) in [5.74, 6) is -1.13. The van der Waals surface area contributed by atoms with Crippen molar-refractivity contribution in [1.82, 2.24) is 10.3 Å². The number of Topliss-reactive ketones (excluding diaryl/α,β-unsaturated/α-hetero) is 2. The lowest BCUT2D eigenvalue weighted by atomic mass is 9.91. The number of fused-ring (bicyclic) bond motifs is 2. The molecule has 1 heterocycles. The first-order valence-electron chi connectivity index (χ1n) is 12.6. The van der Waals surface area contributed by atoms with Gasteiger partial charge in [-0.3, -0.25) is 14.4 Å². The maximum Gasteiger partial charge on any atom is 0.224 e. The highest BCUT2D eigenvalue weighted by Gasteiger charge is 2.35. The standard InChI is InChI=1S/C29H28FN3O4/c1-37-28-4-2-3-24-23(28)14-25(33-24)27(35)12-18(9-16-5-6-16)29(36)32-20(15-31)13-22-21-8-7-19(30)10-17(21)11-26(22)34/h2-4,7-8,10,14,16,18,20,22,33H,5-6,9,11-13H2,1H3,(H,32,36)/t18-,20+,22-/m1/s1. The van der Waals surface area contributed by atoms with Crippen LogP contribution in [-0.4, -0.2) is 35.6 Å². The predicted molar refractivity (Wildman–Crippen MR) is 135 cm³/mol. The average molecular weight is 502 g/mol. The average Bonchev–Trinajstić information content (AvgIpc) is 3.50. The monoisotopic (exact) mass is 501 g/mol. The van der Waals surface area contributed by atoms with Crippen molar-refractivity contribution in [3.8, 4) is 11.8 Å². The number of nitrogens with zero attached hydrogens (tertiary/aromatic N) is 1. The summed E-state index contributed by atoms with van der Waals surface area (Å²) in [5, 5.41) is 13.3. The second-order valence-electron chi connectivity index (χ2n) is 10.1. The Morgan fingerprint density at radius 1 is 1.22 bits per heavy atom. The van der Waals surface area contributed by atoms with Crippen molar-refractivity contribution in [2.75, 3.05) is 7.11 Å². The first-order valence-corrected chi connectivity index (χ1v) is 12.6. The van der Waals surface area contributed by atoms with E-state index in [1.807, 2.05) is 18.2 Å². The van der Waals surface area contributed by atoms with E-state index in [0.717, 1.165) is 23.7 Å². The number of aromatic amines is 1. The fourth-order valence-electron chi connectivity index (χ4n) is 5.31. The first-order chi connectivity index (χ1) is 17.9. The van der Waals surface area contributed by atoms with E-state index in [1.165, 1.54) is 12.1 Å². The van der Waals surface area contributed by atoms with E-state index < -0.39 is 23.7 Å². The maximum absolute atomic E-state index is 13.6. The minimum Gasteiger partial charge on any atom is -0.496 e. The molecular formula is C29H28FN3O4. The molecule has 190 valence electrons. The van der Waals surface area contributed by atoms with Crippen molar-refractivity contribution in [1.29, 1.82) is 5.26 Å². The Morgan fingerprint density at radius 3 is 2.76 bits per heavy atom. The lowest BCUT2D eigenvalue weighted by Gasteiger charge is -2.20. The number of nitrogens with one attached hydrogen (secondary N) is 2. The van der Waals surface area contributed by atoms with Gasteiger partial charge in [-0.05, 0) is 60.2 Å². The Balaban J connectivity index is 1.29. The van der Waals surface area contributed by atoms with Gasteiger partial charge in [-0.1, -0.05) is 25.0 Å². The number of amides is 1. The Bertz CT molecular complexity index is 1420. The van der Waals surface area contributed by atoms with Gasteiger partial charge in [0.2, 0.25) is 5.91 Å². The molecule has 37 heavy (non-hydrogen) atoms. The number of methoxy groups -OCH3 is 1. The molecule has 2 aromatic carbocycles. The number of H-pyrrole nitrogens is 1. The van der Waals surface area contributed by atoms with E-state index in [4.69, 9.17) is 4.74 Å². The quantitative estimate of drug-likeness (QED) is 0.394. The van der Waals surface area contributed by atoms with Crippen LogP contribution in [0.3, 0.4) is 0 Å². The zero-order valence-electron chi connectivity index (χ0n) is 20.6. The van der Waals surface area contributed by atoms with Crippen molar-refractivity contribution in [3.63, 3.8) is 0 Å². The van der Waals surface area contributed by atoms with E-state index in [9.17, 15) is 24.0 Å². The molecule has 2 N–H and O–H groups in total. The van der Waals surface area contributed by atoms with Gasteiger partial charge < -0.3 is 15.0 Å². The molecule has 2 aliphatic carbocycles. The summed E-state index contributed by atoms with van der Waals surface area (Å²) >= 11 is 0. The fourth-order valence-corrected chi connectivity index (χ4v) is 5.31. The third kappa shape index (κ3) is 5.26. The van der Waals surface area contributed by atoms with E-state index in [1.54, 1.807) is 19.2 Å². The molecule has 1 fully saturated rings. The number of halogens is 1. The molecule has 3 atom stereocenters. The zero-order valence-corrected chi connectivity index (χ0v) is 20.6. The molecule has 3 aromatic rings. The van der Waals surface area contributed by atoms with Crippen LogP contribution < -0.4 is 10.1 Å². The minimum absolute atomic E-state index is 0.0140. The minimum atomic E-state index is -0.897. The number of rotatable bonds is 10. The first kappa shape index (κ1) is 24.7. The van der Waals surface area contributed by atoms with Gasteiger partial charge in [0.25, 0.3) is 0 Å². The van der Waals surface area contributed by atoms with Gasteiger partial charge in [0, 0.05) is 35.6 Å². The number of carbonyl (C=O) groups excluding carboxylic acids is 3. The summed E-state index contributed by atoms with van der Waals surface area (Å²) < 4.78 is 19.0. The number of nitriles is 1. The number of aromatic nitrogens is 1. The fraction of sp³-hybridized carbons (Fsp3) is 0.379. The third-order valence-electron chi connectivity index (χ3n) is 7.44. The highest BCUT2D eigenvalue weighted by molar-refractivity contribution is 6.02. The van der Waals surface area contributed by atoms with Gasteiger partial charge in [0.15, 0.2) is 5.78 Å². The Hall–Kier alpha value is -3.99. The van der Waals surface area contributed by atoms with Crippen LogP contribution in [0.1, 0.15) is 59.6 Å². The van der Waals surface area contributed by atoms with E-state index in [-0.39, 0.29) is 36.7 Å². The van der Waals surface area contributed by atoms with Crippen molar-refractivity contribution in [3.05, 3.63) is 65.1 Å². The van der Waals surface area contributed by atoms with E-state index in [2.05, 4.69) is 16.4 Å². The topological polar surface area (TPSA) is 112 Å². The molecule has 1 saturated carbocycles. The van der Waals surface area contributed by atoms with Gasteiger partial charge in [-0.25, -0.2) is 4.39 Å². The predicted octanol–water partition coefficient (Wildman–Crippen LogP) is 4.61. The third-order valence-corrected chi connectivity index (χ3v) is 7.44. The van der Waals surface area contributed by atoms with Crippen LogP contribution in [0.15, 0.2) is 42.5 Å². The molecule has 0 bridgehead atoms. The van der Waals surface area contributed by atoms with Crippen LogP contribution in [0.2, 0.25) is 0 Å². The summed E-state index contributed by atoms with van der Waals surface area (Å²) in [7, 11) is 1.57. The van der Waals surface area contributed by atoms with E-state index >= 15 is 0 Å². The molecular weight excluding hydrogens is 473 g/mol. The Kier molecular flexibility index (Phi) is 6.79. The second kappa shape index (κ2) is 10.2. The van der Waals surface area contributed by atoms with Crippen LogP contribution in [0.5, 0.6) is 5.75 Å². The van der Waals surface area contributed by atoms with Crippen molar-refractivity contribution in [2.45, 2.75) is 50.5 Å². The van der Waals surface area contributed by atoms with Gasteiger partial charge in [0.05, 0.1) is 18.9 Å². The number of benzene rings is 2. The number of carbonyl (C=O) groups is 3. The number of hydrogen-bond acceptors (Lipinski definition) is 5. The van der Waals surface area contributed by atoms with Gasteiger partial charge in [0.1, 0.15) is 23.4 Å². The van der Waals surface area contributed by atoms with Gasteiger partial charge >= 0.3 is 0 Å². The molecule has 8 heteroatoms. The summed E-state index contributed by atoms with van der Waals surface area (Å²) in [4.78, 5) is 42.2. The largest absolute Gasteiger partial charge is 0.496 e. The van der Waals surface area contributed by atoms with Crippen LogP contribution in [0.25, 0.3) is 10.9 Å². The summed E-state index contributed by atoms with van der Waals surface area (Å²) in [5.41, 5.74) is 2.52. The summed E-state index contributed by atoms with van der Waals surface area (Å²) in [6.45, 7) is 0. The second-order valence-corrected chi connectivity index (χ2v) is 10.1. The molecule has 0 radical (unpaired) electrons. The van der Waals surface area contributed by atoms with Gasteiger partial charge in [-0.15, -0.1) is 0 Å². The molecule has 1 aromatic heterocycles. The van der Waals surface area contributed by atoms with Crippen molar-refractivity contribution >= 4 is 28.4 Å². The highest BCUT2D eigenvalue weighted by Crippen LogP contribution is 2.38. The summed E-state index contributed by atoms with van der Waals surface area (Å²) in [6, 6.07) is 12.7. The summed E-state index contributed by atoms with van der Waals surface area (Å²) in [6.07, 6.45) is 2.87. The zero-order chi connectivity index (χ0) is 26.1. The van der Waals surface area contributed by atoms with E-state index in [0.29, 0.717) is 34.9 Å². The maximum atomic E-state index is 13.6. The molecule has 0 unspecified atom stereocenters. The molecule has 0 saturated heterocycles. The smallest absolute Gasteiger partial charge is 0.224 e. The van der Waals surface area contributed by atoms with Crippen LogP contribution in [0.4, 0.5) is 4.39 Å². The highest BCUT2D eigenvalue weighted by atomic mass is 19.1. The molecule has 2 aliphatic rings. The molecule has 7 nitrogen and oxygen atoms in total. The molecule has 0 aliphatic heterocycles. The number of ether oxygens (including phenoxy) is 1. The SMILES string of the molecule is COc1cccc2[nH]c(C(=O)C[C@@H](CC3CC3)C(=O)N[C@H](C#N)C[C@H]3C(=O)Cc4cc(F)ccc43)cc12. The number of ketones is 2. The van der Waals surface area contributed by atoms with Crippen LogP contribution in [0, 0.1) is 29.0 Å². The van der Waals surface area contributed by atoms with Crippen LogP contribution in [-0.2, 0) is 16.0 Å².